The van der Waals surface area contributed by atoms with Gasteiger partial charge < -0.3 is 14.8 Å². The monoisotopic (exact) mass is 452 g/mol. The SMILES string of the molecule is COc1cccc(OC)c1C(=O)Nc1cccc(-c2ccc3nnc(-c4ccncc4)n3n2)c1. The van der Waals surface area contributed by atoms with E-state index in [0.717, 1.165) is 11.1 Å². The minimum Gasteiger partial charge on any atom is -0.496 e. The van der Waals surface area contributed by atoms with Gasteiger partial charge in [0.25, 0.3) is 5.91 Å². The molecule has 9 nitrogen and oxygen atoms in total. The van der Waals surface area contributed by atoms with Crippen molar-refractivity contribution < 1.29 is 14.3 Å². The topological polar surface area (TPSA) is 104 Å². The molecule has 0 radical (unpaired) electrons. The van der Waals surface area contributed by atoms with Crippen LogP contribution >= 0.6 is 0 Å². The van der Waals surface area contributed by atoms with Crippen LogP contribution in [0.2, 0.25) is 0 Å². The van der Waals surface area contributed by atoms with Crippen molar-refractivity contribution >= 4 is 17.2 Å². The lowest BCUT2D eigenvalue weighted by Gasteiger charge is -2.13. The molecule has 0 atom stereocenters. The number of carbonyl (C=O) groups excluding carboxylic acids is 1. The Balaban J connectivity index is 1.48. The molecule has 3 heterocycles. The minimum atomic E-state index is -0.339. The standard InChI is InChI=1S/C25H20N6O3/c1-33-20-7-4-8-21(34-2)23(20)25(32)27-18-6-3-5-17(15-18)19-9-10-22-28-29-24(31(22)30-19)16-11-13-26-14-12-16/h3-15H,1-2H3,(H,27,32). The van der Waals surface area contributed by atoms with Gasteiger partial charge in [0.1, 0.15) is 17.1 Å². The van der Waals surface area contributed by atoms with Crippen LogP contribution < -0.4 is 14.8 Å². The van der Waals surface area contributed by atoms with Crippen LogP contribution in [0.4, 0.5) is 5.69 Å². The molecule has 9 heteroatoms. The molecule has 0 aliphatic carbocycles. The second-order valence-corrected chi connectivity index (χ2v) is 7.32. The van der Waals surface area contributed by atoms with Gasteiger partial charge in [-0.05, 0) is 48.5 Å². The molecule has 168 valence electrons. The van der Waals surface area contributed by atoms with E-state index in [4.69, 9.17) is 14.6 Å². The van der Waals surface area contributed by atoms with Crippen LogP contribution in [-0.4, -0.2) is 44.9 Å². The van der Waals surface area contributed by atoms with Crippen LogP contribution in [-0.2, 0) is 0 Å². The number of fused-ring (bicyclic) bond motifs is 1. The molecule has 3 aromatic heterocycles. The molecular weight excluding hydrogens is 432 g/mol. The van der Waals surface area contributed by atoms with Crippen LogP contribution in [0.5, 0.6) is 11.5 Å². The first kappa shape index (κ1) is 21.1. The first-order chi connectivity index (χ1) is 16.7. The van der Waals surface area contributed by atoms with E-state index in [1.165, 1.54) is 14.2 Å². The van der Waals surface area contributed by atoms with Gasteiger partial charge in [-0.15, -0.1) is 10.2 Å². The number of carbonyl (C=O) groups is 1. The molecule has 5 aromatic rings. The van der Waals surface area contributed by atoms with Gasteiger partial charge in [-0.1, -0.05) is 18.2 Å². The Morgan fingerprint density at radius 2 is 1.59 bits per heavy atom. The number of benzene rings is 2. The van der Waals surface area contributed by atoms with Gasteiger partial charge in [-0.3, -0.25) is 9.78 Å². The summed E-state index contributed by atoms with van der Waals surface area (Å²) in [6.07, 6.45) is 3.40. The number of nitrogens with one attached hydrogen (secondary N) is 1. The van der Waals surface area contributed by atoms with Crippen molar-refractivity contribution in [3.63, 3.8) is 0 Å². The summed E-state index contributed by atoms with van der Waals surface area (Å²) < 4.78 is 12.4. The van der Waals surface area contributed by atoms with Crippen LogP contribution in [0.1, 0.15) is 10.4 Å². The number of pyridine rings is 1. The van der Waals surface area contributed by atoms with Crippen LogP contribution in [0.15, 0.2) is 79.1 Å². The molecule has 0 fully saturated rings. The summed E-state index contributed by atoms with van der Waals surface area (Å²) >= 11 is 0. The molecule has 0 bridgehead atoms. The highest BCUT2D eigenvalue weighted by atomic mass is 16.5. The average Bonchev–Trinajstić information content (AvgIpc) is 3.32. The second-order valence-electron chi connectivity index (χ2n) is 7.32. The number of aromatic nitrogens is 5. The fourth-order valence-electron chi connectivity index (χ4n) is 3.65. The normalized spacial score (nSPS) is 10.8. The summed E-state index contributed by atoms with van der Waals surface area (Å²) in [5.41, 5.74) is 3.94. The average molecular weight is 452 g/mol. The van der Waals surface area contributed by atoms with E-state index < -0.39 is 0 Å². The highest BCUT2D eigenvalue weighted by Crippen LogP contribution is 2.30. The van der Waals surface area contributed by atoms with Crippen LogP contribution in [0.25, 0.3) is 28.3 Å². The lowest BCUT2D eigenvalue weighted by Crippen LogP contribution is -2.14. The van der Waals surface area contributed by atoms with Crippen LogP contribution in [0, 0.1) is 0 Å². The molecule has 0 unspecified atom stereocenters. The molecule has 1 amide bonds. The molecule has 2 aromatic carbocycles. The Morgan fingerprint density at radius 1 is 0.853 bits per heavy atom. The number of hydrogen-bond donors (Lipinski definition) is 1. The number of rotatable bonds is 6. The lowest BCUT2D eigenvalue weighted by molar-refractivity contribution is 0.102. The van der Waals surface area contributed by atoms with Gasteiger partial charge in [-0.25, -0.2) is 0 Å². The van der Waals surface area contributed by atoms with Crippen molar-refractivity contribution in [2.75, 3.05) is 19.5 Å². The second kappa shape index (κ2) is 8.99. The van der Waals surface area contributed by atoms with E-state index >= 15 is 0 Å². The third-order valence-electron chi connectivity index (χ3n) is 5.27. The maximum atomic E-state index is 13.1. The fourth-order valence-corrected chi connectivity index (χ4v) is 3.65. The zero-order valence-electron chi connectivity index (χ0n) is 18.5. The molecular formula is C25H20N6O3. The molecule has 34 heavy (non-hydrogen) atoms. The number of methoxy groups -OCH3 is 2. The number of hydrogen-bond acceptors (Lipinski definition) is 7. The van der Waals surface area contributed by atoms with E-state index in [-0.39, 0.29) is 5.91 Å². The molecule has 0 saturated heterocycles. The summed E-state index contributed by atoms with van der Waals surface area (Å²) in [6.45, 7) is 0. The molecule has 0 spiro atoms. The minimum absolute atomic E-state index is 0.323. The van der Waals surface area contributed by atoms with E-state index in [9.17, 15) is 4.79 Å². The third-order valence-corrected chi connectivity index (χ3v) is 5.27. The smallest absolute Gasteiger partial charge is 0.263 e. The Morgan fingerprint density at radius 3 is 2.32 bits per heavy atom. The van der Waals surface area contributed by atoms with Gasteiger partial charge in [0.05, 0.1) is 19.9 Å². The van der Waals surface area contributed by atoms with Crippen molar-refractivity contribution in [3.05, 3.63) is 84.7 Å². The number of nitrogens with zero attached hydrogens (tertiary/aromatic N) is 5. The number of ether oxygens (including phenoxy) is 2. The van der Waals surface area contributed by atoms with Crippen molar-refractivity contribution in [2.24, 2.45) is 0 Å². The first-order valence-electron chi connectivity index (χ1n) is 10.4. The first-order valence-corrected chi connectivity index (χ1v) is 10.4. The summed E-state index contributed by atoms with van der Waals surface area (Å²) in [6, 6.07) is 20.1. The van der Waals surface area contributed by atoms with Crippen molar-refractivity contribution in [1.82, 2.24) is 24.8 Å². The fraction of sp³-hybridized carbons (Fsp3) is 0.0800. The summed E-state index contributed by atoms with van der Waals surface area (Å²) in [7, 11) is 3.03. The molecule has 0 aliphatic rings. The zero-order chi connectivity index (χ0) is 23.5. The number of amides is 1. The molecule has 1 N–H and O–H groups in total. The Labute approximate surface area is 195 Å². The number of anilines is 1. The highest BCUT2D eigenvalue weighted by Gasteiger charge is 2.18. The quantitative estimate of drug-likeness (QED) is 0.413. The molecule has 5 rings (SSSR count). The summed E-state index contributed by atoms with van der Waals surface area (Å²) in [4.78, 5) is 17.1. The maximum absolute atomic E-state index is 13.1. The third kappa shape index (κ3) is 3.90. The van der Waals surface area contributed by atoms with Crippen molar-refractivity contribution in [1.29, 1.82) is 0 Å². The van der Waals surface area contributed by atoms with Gasteiger partial charge in [0.15, 0.2) is 11.5 Å². The predicted molar refractivity (Wildman–Crippen MR) is 127 cm³/mol. The van der Waals surface area contributed by atoms with Crippen LogP contribution in [0.3, 0.4) is 0 Å². The van der Waals surface area contributed by atoms with Gasteiger partial charge >= 0.3 is 0 Å². The largest absolute Gasteiger partial charge is 0.496 e. The predicted octanol–water partition coefficient (Wildman–Crippen LogP) is 4.12. The highest BCUT2D eigenvalue weighted by molar-refractivity contribution is 6.08. The molecule has 0 saturated carbocycles. The lowest BCUT2D eigenvalue weighted by atomic mass is 10.1. The van der Waals surface area contributed by atoms with E-state index in [1.54, 1.807) is 35.1 Å². The van der Waals surface area contributed by atoms with Crippen molar-refractivity contribution in [2.45, 2.75) is 0 Å². The zero-order valence-corrected chi connectivity index (χ0v) is 18.5. The van der Waals surface area contributed by atoms with Gasteiger partial charge in [0, 0.05) is 29.2 Å². The summed E-state index contributed by atoms with van der Waals surface area (Å²) in [5, 5.41) is 16.1. The maximum Gasteiger partial charge on any atom is 0.263 e. The van der Waals surface area contributed by atoms with E-state index in [0.29, 0.717) is 39.9 Å². The van der Waals surface area contributed by atoms with Gasteiger partial charge in [-0.2, -0.15) is 9.61 Å². The van der Waals surface area contributed by atoms with E-state index in [2.05, 4.69) is 20.5 Å². The Kier molecular flexibility index (Phi) is 5.57. The molecule has 0 aliphatic heterocycles. The van der Waals surface area contributed by atoms with Crippen molar-refractivity contribution in [3.8, 4) is 34.1 Å². The van der Waals surface area contributed by atoms with E-state index in [1.807, 2.05) is 48.5 Å². The summed E-state index contributed by atoms with van der Waals surface area (Å²) in [5.74, 6) is 1.13. The Hall–Kier alpha value is -4.79. The Bertz CT molecular complexity index is 1460. The van der Waals surface area contributed by atoms with Gasteiger partial charge in [0.2, 0.25) is 0 Å².